The zero-order chi connectivity index (χ0) is 12.3. The normalized spacial score (nSPS) is 28.0. The second-order valence-electron chi connectivity index (χ2n) is 3.81. The van der Waals surface area contributed by atoms with Gasteiger partial charge in [-0.1, -0.05) is 30.3 Å². The molecule has 2 rings (SSSR count). The van der Waals surface area contributed by atoms with Crippen molar-refractivity contribution in [1.29, 1.82) is 0 Å². The van der Waals surface area contributed by atoms with E-state index >= 15 is 0 Å². The van der Waals surface area contributed by atoms with Gasteiger partial charge in [-0.15, -0.1) is 11.8 Å². The minimum Gasteiger partial charge on any atom is -0.358 e. The van der Waals surface area contributed by atoms with Crippen molar-refractivity contribution in [3.63, 3.8) is 0 Å². The average Bonchev–Trinajstić information content (AvgIpc) is 2.84. The first-order chi connectivity index (χ1) is 8.22. The molecule has 1 aromatic rings. The topological polar surface area (TPSA) is 50.4 Å². The summed E-state index contributed by atoms with van der Waals surface area (Å²) in [6.07, 6.45) is 0. The van der Waals surface area contributed by atoms with E-state index in [0.717, 1.165) is 5.56 Å². The quantitative estimate of drug-likeness (QED) is 0.839. The molecular weight excluding hydrogens is 236 g/mol. The number of carbonyl (C=O) groups excluding carboxylic acids is 1. The summed E-state index contributed by atoms with van der Waals surface area (Å²) in [5.41, 5.74) is 1.03. The number of benzene rings is 1. The lowest BCUT2D eigenvalue weighted by Crippen LogP contribution is -2.47. The van der Waals surface area contributed by atoms with E-state index < -0.39 is 5.06 Å². The van der Waals surface area contributed by atoms with Gasteiger partial charge in [-0.3, -0.25) is 10.1 Å². The summed E-state index contributed by atoms with van der Waals surface area (Å²) in [6, 6.07) is 9.66. The van der Waals surface area contributed by atoms with Gasteiger partial charge < -0.3 is 10.1 Å². The largest absolute Gasteiger partial charge is 0.358 e. The summed E-state index contributed by atoms with van der Waals surface area (Å²) in [5.74, 6) is 0.690. The van der Waals surface area contributed by atoms with Crippen molar-refractivity contribution in [2.24, 2.45) is 0 Å². The molecule has 0 saturated carbocycles. The van der Waals surface area contributed by atoms with Crippen LogP contribution in [0.4, 0.5) is 0 Å². The maximum atomic E-state index is 11.6. The number of rotatable bonds is 3. The number of thioether (sulfide) groups is 1. The van der Waals surface area contributed by atoms with Gasteiger partial charge in [0.05, 0.1) is 6.04 Å². The van der Waals surface area contributed by atoms with E-state index in [-0.39, 0.29) is 11.9 Å². The van der Waals surface area contributed by atoms with Crippen LogP contribution < -0.4 is 10.6 Å². The van der Waals surface area contributed by atoms with Gasteiger partial charge in [0.1, 0.15) is 0 Å². The SMILES string of the molecule is CNC(=O)C1CSC(OC)(c2ccccc2)N1. The smallest absolute Gasteiger partial charge is 0.237 e. The predicted molar refractivity (Wildman–Crippen MR) is 68.6 cm³/mol. The predicted octanol–water partition coefficient (Wildman–Crippen LogP) is 0.894. The number of ether oxygens (including phenoxy) is 1. The first kappa shape index (κ1) is 12.4. The molecule has 5 heteroatoms. The molecule has 0 radical (unpaired) electrons. The molecule has 92 valence electrons. The Hall–Kier alpha value is -1.04. The molecule has 0 aliphatic carbocycles. The van der Waals surface area contributed by atoms with Crippen LogP contribution in [0.1, 0.15) is 5.56 Å². The van der Waals surface area contributed by atoms with E-state index in [1.165, 1.54) is 0 Å². The fourth-order valence-electron chi connectivity index (χ4n) is 1.89. The van der Waals surface area contributed by atoms with Crippen LogP contribution in [0.15, 0.2) is 30.3 Å². The molecule has 4 nitrogen and oxygen atoms in total. The van der Waals surface area contributed by atoms with Crippen LogP contribution in [-0.2, 0) is 14.6 Å². The summed E-state index contributed by atoms with van der Waals surface area (Å²) < 4.78 is 5.58. The van der Waals surface area contributed by atoms with Crippen LogP contribution in [0.25, 0.3) is 0 Å². The third-order valence-electron chi connectivity index (χ3n) is 2.82. The second kappa shape index (κ2) is 5.08. The number of amides is 1. The average molecular weight is 252 g/mol. The lowest BCUT2D eigenvalue weighted by molar-refractivity contribution is -0.123. The fourth-order valence-corrected chi connectivity index (χ4v) is 3.17. The van der Waals surface area contributed by atoms with Crippen molar-refractivity contribution >= 4 is 17.7 Å². The monoisotopic (exact) mass is 252 g/mol. The van der Waals surface area contributed by atoms with Crippen molar-refractivity contribution in [2.45, 2.75) is 11.1 Å². The minimum atomic E-state index is -0.613. The highest BCUT2D eigenvalue weighted by Crippen LogP contribution is 2.40. The maximum Gasteiger partial charge on any atom is 0.237 e. The Bertz CT molecular complexity index is 399. The third kappa shape index (κ3) is 2.31. The number of methoxy groups -OCH3 is 1. The summed E-state index contributed by atoms with van der Waals surface area (Å²) in [5, 5.41) is 5.29. The highest BCUT2D eigenvalue weighted by atomic mass is 32.2. The van der Waals surface area contributed by atoms with E-state index in [2.05, 4.69) is 10.6 Å². The van der Waals surface area contributed by atoms with Crippen molar-refractivity contribution in [3.05, 3.63) is 35.9 Å². The Morgan fingerprint density at radius 3 is 2.82 bits per heavy atom. The van der Waals surface area contributed by atoms with Gasteiger partial charge in [0.2, 0.25) is 5.91 Å². The Morgan fingerprint density at radius 2 is 2.24 bits per heavy atom. The molecular formula is C12H16N2O2S. The molecule has 2 unspecified atom stereocenters. The summed E-state index contributed by atoms with van der Waals surface area (Å²) >= 11 is 1.60. The number of likely N-dealkylation sites (N-methyl/N-ethyl adjacent to an activating group) is 1. The molecule has 17 heavy (non-hydrogen) atoms. The molecule has 0 aromatic heterocycles. The van der Waals surface area contributed by atoms with Gasteiger partial charge in [0.15, 0.2) is 5.06 Å². The van der Waals surface area contributed by atoms with E-state index in [1.54, 1.807) is 25.9 Å². The van der Waals surface area contributed by atoms with Crippen LogP contribution in [0.2, 0.25) is 0 Å². The first-order valence-corrected chi connectivity index (χ1v) is 6.44. The number of nitrogens with one attached hydrogen (secondary N) is 2. The Balaban J connectivity index is 2.21. The summed E-state index contributed by atoms with van der Waals surface area (Å²) in [7, 11) is 3.29. The van der Waals surface area contributed by atoms with Crippen LogP contribution in [0.5, 0.6) is 0 Å². The van der Waals surface area contributed by atoms with Crippen molar-refractivity contribution < 1.29 is 9.53 Å². The van der Waals surface area contributed by atoms with Gasteiger partial charge in [-0.2, -0.15) is 0 Å². The molecule has 1 amide bonds. The van der Waals surface area contributed by atoms with Crippen molar-refractivity contribution in [3.8, 4) is 0 Å². The Morgan fingerprint density at radius 1 is 1.53 bits per heavy atom. The van der Waals surface area contributed by atoms with Gasteiger partial charge in [-0.25, -0.2) is 0 Å². The maximum absolute atomic E-state index is 11.6. The molecule has 1 saturated heterocycles. The van der Waals surface area contributed by atoms with Crippen LogP contribution in [0.3, 0.4) is 0 Å². The molecule has 1 fully saturated rings. The molecule has 0 spiro atoms. The summed E-state index contributed by atoms with van der Waals surface area (Å²) in [4.78, 5) is 11.6. The van der Waals surface area contributed by atoms with Crippen molar-refractivity contribution in [1.82, 2.24) is 10.6 Å². The van der Waals surface area contributed by atoms with E-state index in [4.69, 9.17) is 4.74 Å². The highest BCUT2D eigenvalue weighted by Gasteiger charge is 2.43. The van der Waals surface area contributed by atoms with E-state index in [0.29, 0.717) is 5.75 Å². The van der Waals surface area contributed by atoms with Crippen molar-refractivity contribution in [2.75, 3.05) is 19.9 Å². The number of hydrogen-bond donors (Lipinski definition) is 2. The molecule has 1 aliphatic rings. The van der Waals surface area contributed by atoms with Gasteiger partial charge in [-0.05, 0) is 0 Å². The highest BCUT2D eigenvalue weighted by molar-refractivity contribution is 8.00. The van der Waals surface area contributed by atoms with Gasteiger partial charge in [0.25, 0.3) is 0 Å². The molecule has 1 aromatic carbocycles. The van der Waals surface area contributed by atoms with E-state index in [9.17, 15) is 4.79 Å². The fraction of sp³-hybridized carbons (Fsp3) is 0.417. The molecule has 1 aliphatic heterocycles. The third-order valence-corrected chi connectivity index (χ3v) is 4.25. The van der Waals surface area contributed by atoms with E-state index in [1.807, 2.05) is 30.3 Å². The standard InChI is InChI=1S/C12H16N2O2S/c1-13-11(15)10-8-17-12(14-10,16-2)9-6-4-3-5-7-9/h3-7,10,14H,8H2,1-2H3,(H,13,15). The molecule has 1 heterocycles. The summed E-state index contributed by atoms with van der Waals surface area (Å²) in [6.45, 7) is 0. The van der Waals surface area contributed by atoms with Crippen LogP contribution in [-0.4, -0.2) is 31.9 Å². The van der Waals surface area contributed by atoms with Crippen LogP contribution in [0, 0.1) is 0 Å². The van der Waals surface area contributed by atoms with Gasteiger partial charge >= 0.3 is 0 Å². The first-order valence-electron chi connectivity index (χ1n) is 5.46. The lowest BCUT2D eigenvalue weighted by atomic mass is 10.2. The molecule has 2 atom stereocenters. The molecule has 0 bridgehead atoms. The Labute approximate surface area is 105 Å². The number of carbonyl (C=O) groups is 1. The minimum absolute atomic E-state index is 0.00708. The zero-order valence-corrected chi connectivity index (χ0v) is 10.7. The number of hydrogen-bond acceptors (Lipinski definition) is 4. The van der Waals surface area contributed by atoms with Gasteiger partial charge in [0, 0.05) is 25.5 Å². The Kier molecular flexibility index (Phi) is 3.71. The second-order valence-corrected chi connectivity index (χ2v) is 5.01. The zero-order valence-electron chi connectivity index (χ0n) is 9.90. The molecule has 2 N–H and O–H groups in total. The lowest BCUT2D eigenvalue weighted by Gasteiger charge is -2.28. The van der Waals surface area contributed by atoms with Crippen LogP contribution >= 0.6 is 11.8 Å².